The molecule has 2 aliphatic heterocycles. The number of hydrogen-bond donors (Lipinski definition) is 2. The molecule has 8 nitrogen and oxygen atoms in total. The number of aryl methyl sites for hydroxylation is 1. The van der Waals surface area contributed by atoms with Crippen LogP contribution >= 0.6 is 0 Å². The number of dihydropyridines is 1. The molecule has 0 saturated carbocycles. The molecule has 1 amide bonds. The van der Waals surface area contributed by atoms with Gasteiger partial charge in [-0.15, -0.1) is 0 Å². The average molecular weight is 480 g/mol. The number of ether oxygens (including phenoxy) is 2. The average Bonchev–Trinajstić information content (AvgIpc) is 3.23. The van der Waals surface area contributed by atoms with E-state index in [0.29, 0.717) is 28.5 Å². The highest BCUT2D eigenvalue weighted by Gasteiger charge is 2.27. The number of nitrogens with zero attached hydrogens (tertiary/aromatic N) is 1. The van der Waals surface area contributed by atoms with Crippen molar-refractivity contribution >= 4 is 28.5 Å². The number of hydrogen-bond acceptors (Lipinski definition) is 7. The van der Waals surface area contributed by atoms with E-state index in [1.807, 2.05) is 32.8 Å². The van der Waals surface area contributed by atoms with Crippen LogP contribution in [0.2, 0.25) is 0 Å². The first-order valence-electron chi connectivity index (χ1n) is 12.0. The largest absolute Gasteiger partial charge is 0.496 e. The zero-order valence-corrected chi connectivity index (χ0v) is 21.0. The van der Waals surface area contributed by atoms with E-state index < -0.39 is 0 Å². The molecule has 1 aromatic carbocycles. The minimum Gasteiger partial charge on any atom is -0.496 e. The molecule has 0 spiro atoms. The minimum absolute atomic E-state index is 0.114. The number of anilines is 1. The van der Waals surface area contributed by atoms with E-state index in [0.717, 1.165) is 60.5 Å². The Morgan fingerprint density at radius 2 is 2.03 bits per heavy atom. The predicted molar refractivity (Wildman–Crippen MR) is 135 cm³/mol. The molecule has 0 bridgehead atoms. The number of allylic oxidation sites excluding steroid dienone is 2. The number of carbonyl (C=O) groups is 1. The van der Waals surface area contributed by atoms with Crippen molar-refractivity contribution in [3.8, 4) is 0 Å². The van der Waals surface area contributed by atoms with E-state index in [1.54, 1.807) is 12.3 Å². The number of carbonyl (C=O) groups excluding carboxylic acids is 2. The minimum atomic E-state index is -0.235. The molecule has 2 N–H and O–H groups in total. The van der Waals surface area contributed by atoms with Crippen LogP contribution in [0, 0.1) is 13.8 Å². The first-order valence-corrected chi connectivity index (χ1v) is 12.0. The number of benzene rings is 1. The summed E-state index contributed by atoms with van der Waals surface area (Å²) in [7, 11) is 1.54. The normalized spacial score (nSPS) is 16.6. The smallest absolute Gasteiger partial charge is 0.252 e. The highest BCUT2D eigenvalue weighted by atomic mass is 16.5. The van der Waals surface area contributed by atoms with Crippen LogP contribution in [0.25, 0.3) is 11.0 Å². The van der Waals surface area contributed by atoms with E-state index in [4.69, 9.17) is 13.9 Å². The fourth-order valence-corrected chi connectivity index (χ4v) is 5.06. The molecule has 35 heavy (non-hydrogen) atoms. The maximum atomic E-state index is 13.7. The van der Waals surface area contributed by atoms with Crippen molar-refractivity contribution in [1.29, 1.82) is 0 Å². The summed E-state index contributed by atoms with van der Waals surface area (Å²) in [6.07, 6.45) is 5.36. The van der Waals surface area contributed by atoms with Gasteiger partial charge >= 0.3 is 0 Å². The van der Waals surface area contributed by atoms with Crippen LogP contribution in [0.15, 0.2) is 45.5 Å². The summed E-state index contributed by atoms with van der Waals surface area (Å²) in [5.41, 5.74) is 5.64. The molecular weight excluding hydrogens is 446 g/mol. The Hall–Kier alpha value is -3.48. The Kier molecular flexibility index (Phi) is 7.34. The van der Waals surface area contributed by atoms with E-state index in [1.165, 1.54) is 7.11 Å². The third-order valence-electron chi connectivity index (χ3n) is 6.81. The van der Waals surface area contributed by atoms with Crippen molar-refractivity contribution in [2.45, 2.75) is 46.6 Å². The lowest BCUT2D eigenvalue weighted by molar-refractivity contribution is 0.0846. The number of methoxy groups -OCH3 is 1. The van der Waals surface area contributed by atoms with Crippen LogP contribution in [0.1, 0.15) is 48.2 Å². The van der Waals surface area contributed by atoms with Crippen molar-refractivity contribution in [3.63, 3.8) is 0 Å². The maximum absolute atomic E-state index is 13.7. The van der Waals surface area contributed by atoms with Gasteiger partial charge in [-0.2, -0.15) is 0 Å². The van der Waals surface area contributed by atoms with Crippen LogP contribution < -0.4 is 15.5 Å². The monoisotopic (exact) mass is 479 g/mol. The molecule has 0 aliphatic carbocycles. The molecule has 1 fully saturated rings. The zero-order valence-electron chi connectivity index (χ0n) is 21.0. The Balaban J connectivity index is 1.72. The molecule has 2 aromatic rings. The van der Waals surface area contributed by atoms with Gasteiger partial charge < -0.3 is 29.4 Å². The van der Waals surface area contributed by atoms with Crippen molar-refractivity contribution in [1.82, 2.24) is 10.6 Å². The van der Waals surface area contributed by atoms with Crippen LogP contribution in [-0.2, 0) is 14.3 Å². The lowest BCUT2D eigenvalue weighted by atomic mass is 9.96. The summed E-state index contributed by atoms with van der Waals surface area (Å²) < 4.78 is 16.9. The summed E-state index contributed by atoms with van der Waals surface area (Å²) in [5.74, 6) is 2.21. The second-order valence-electron chi connectivity index (χ2n) is 8.98. The van der Waals surface area contributed by atoms with Gasteiger partial charge in [-0.25, -0.2) is 4.79 Å². The molecule has 8 heteroatoms. The van der Waals surface area contributed by atoms with Crippen molar-refractivity contribution in [3.05, 3.63) is 57.8 Å². The number of furan rings is 1. The van der Waals surface area contributed by atoms with E-state index in [9.17, 15) is 9.59 Å². The summed E-state index contributed by atoms with van der Waals surface area (Å²) in [5, 5.41) is 6.79. The Bertz CT molecular complexity index is 1240. The lowest BCUT2D eigenvalue weighted by Gasteiger charge is -2.36. The fraction of sp³-hybridized carbons (Fsp3) is 0.444. The van der Waals surface area contributed by atoms with Gasteiger partial charge in [0, 0.05) is 60.8 Å². The van der Waals surface area contributed by atoms with E-state index in [2.05, 4.69) is 22.5 Å². The molecule has 0 radical (unpaired) electrons. The summed E-state index contributed by atoms with van der Waals surface area (Å²) >= 11 is 0. The number of rotatable bonds is 7. The first kappa shape index (κ1) is 24.6. The maximum Gasteiger partial charge on any atom is 0.252 e. The van der Waals surface area contributed by atoms with Crippen LogP contribution in [0.5, 0.6) is 0 Å². The Labute approximate surface area is 205 Å². The molecule has 0 atom stereocenters. The van der Waals surface area contributed by atoms with E-state index in [-0.39, 0.29) is 18.1 Å². The molecular formula is C27H33N3O5. The van der Waals surface area contributed by atoms with Gasteiger partial charge in [0.05, 0.1) is 18.9 Å². The van der Waals surface area contributed by atoms with Gasteiger partial charge in [0.1, 0.15) is 17.0 Å². The highest BCUT2D eigenvalue weighted by molar-refractivity contribution is 6.10. The van der Waals surface area contributed by atoms with Crippen LogP contribution in [0.4, 0.5) is 5.69 Å². The standard InChI is InChI=1S/C27H33N3O5/c1-6-30(19-7-9-34-10-8-19)22-12-24-25(16(2)15-35-24)26(18(22)4)27(32)28-13-20-21(14-31)29-17(3)11-23(20)33-5/h11-12,15,19,29H,6-10,13H2,1-5H3,(H,28,32). The van der Waals surface area contributed by atoms with Crippen LogP contribution in [0.3, 0.4) is 0 Å². The van der Waals surface area contributed by atoms with Crippen LogP contribution in [-0.4, -0.2) is 51.3 Å². The summed E-state index contributed by atoms with van der Waals surface area (Å²) in [6, 6.07) is 2.39. The van der Waals surface area contributed by atoms with Crippen molar-refractivity contribution in [2.24, 2.45) is 0 Å². The molecule has 0 unspecified atom stereocenters. The van der Waals surface area contributed by atoms with Gasteiger partial charge in [-0.1, -0.05) is 0 Å². The molecule has 4 rings (SSSR count). The van der Waals surface area contributed by atoms with Gasteiger partial charge in [0.15, 0.2) is 5.94 Å². The first-order chi connectivity index (χ1) is 16.9. The highest BCUT2D eigenvalue weighted by Crippen LogP contribution is 2.36. The quantitative estimate of drug-likeness (QED) is 0.582. The zero-order chi connectivity index (χ0) is 25.1. The third-order valence-corrected chi connectivity index (χ3v) is 6.81. The topological polar surface area (TPSA) is 93.0 Å². The molecule has 186 valence electrons. The van der Waals surface area contributed by atoms with Gasteiger partial charge in [-0.3, -0.25) is 4.79 Å². The van der Waals surface area contributed by atoms with Crippen molar-refractivity contribution in [2.75, 3.05) is 38.3 Å². The predicted octanol–water partition coefficient (Wildman–Crippen LogP) is 3.91. The second-order valence-corrected chi connectivity index (χ2v) is 8.98. The SMILES string of the molecule is CCN(c1cc2occ(C)c2c(C(=O)NCC2=C(OC)C=C(C)NC2=C=O)c1C)C1CCOCC1. The van der Waals surface area contributed by atoms with Gasteiger partial charge in [-0.05, 0) is 57.7 Å². The second kappa shape index (κ2) is 10.4. The molecule has 1 saturated heterocycles. The van der Waals surface area contributed by atoms with E-state index >= 15 is 0 Å². The van der Waals surface area contributed by atoms with Gasteiger partial charge in [0.25, 0.3) is 5.91 Å². The Morgan fingerprint density at radius 3 is 2.69 bits per heavy atom. The van der Waals surface area contributed by atoms with Gasteiger partial charge in [0.2, 0.25) is 0 Å². The van der Waals surface area contributed by atoms with Crippen molar-refractivity contribution < 1.29 is 23.5 Å². The Morgan fingerprint density at radius 1 is 1.29 bits per heavy atom. The number of fused-ring (bicyclic) bond motifs is 1. The number of amides is 1. The summed E-state index contributed by atoms with van der Waals surface area (Å²) in [6.45, 7) is 10.3. The third kappa shape index (κ3) is 4.72. The fourth-order valence-electron chi connectivity index (χ4n) is 5.06. The summed E-state index contributed by atoms with van der Waals surface area (Å²) in [4.78, 5) is 27.6. The number of nitrogens with one attached hydrogen (secondary N) is 2. The molecule has 2 aliphatic rings. The molecule has 3 heterocycles. The molecule has 1 aromatic heterocycles. The lowest BCUT2D eigenvalue weighted by Crippen LogP contribution is -2.40.